The van der Waals surface area contributed by atoms with E-state index in [2.05, 4.69) is 37.4 Å². The molecule has 2 fully saturated rings. The van der Waals surface area contributed by atoms with Crippen LogP contribution >= 0.6 is 23.5 Å². The summed E-state index contributed by atoms with van der Waals surface area (Å²) in [5.74, 6) is 4.80. The highest BCUT2D eigenvalue weighted by Crippen LogP contribution is 2.32. The minimum atomic E-state index is -0.112. The average molecular weight is 617 g/mol. The lowest BCUT2D eigenvalue weighted by Crippen LogP contribution is -2.52. The van der Waals surface area contributed by atoms with Crippen molar-refractivity contribution in [3.8, 4) is 0 Å². The van der Waals surface area contributed by atoms with Crippen LogP contribution in [0.25, 0.3) is 0 Å². The van der Waals surface area contributed by atoms with Crippen molar-refractivity contribution in [1.29, 1.82) is 0 Å². The lowest BCUT2D eigenvalue weighted by atomic mass is 9.90. The number of thioether (sulfide) groups is 2. The molecule has 2 aliphatic rings. The predicted octanol–water partition coefficient (Wildman–Crippen LogP) is 10.8. The van der Waals surface area contributed by atoms with E-state index >= 15 is 0 Å². The zero-order valence-electron chi connectivity index (χ0n) is 27.3. The summed E-state index contributed by atoms with van der Waals surface area (Å²) in [7, 11) is 0. The Kier molecular flexibility index (Phi) is 24.8. The van der Waals surface area contributed by atoms with Gasteiger partial charge in [-0.1, -0.05) is 129 Å². The Morgan fingerprint density at radius 3 is 1.02 bits per heavy atom. The molecule has 4 nitrogen and oxygen atoms in total. The third-order valence-electron chi connectivity index (χ3n) is 8.58. The van der Waals surface area contributed by atoms with Crippen molar-refractivity contribution in [3.05, 3.63) is 0 Å². The van der Waals surface area contributed by atoms with Gasteiger partial charge in [-0.3, -0.25) is 0 Å². The molecule has 0 atom stereocenters. The van der Waals surface area contributed by atoms with Gasteiger partial charge < -0.3 is 18.9 Å². The van der Waals surface area contributed by atoms with Crippen LogP contribution in [0.1, 0.15) is 155 Å². The number of hydrogen-bond acceptors (Lipinski definition) is 6. The highest BCUT2D eigenvalue weighted by atomic mass is 32.2. The minimum absolute atomic E-state index is 0.0549. The molecular formula is C35H68O4S2. The van der Waals surface area contributed by atoms with Gasteiger partial charge in [0, 0.05) is 12.8 Å². The van der Waals surface area contributed by atoms with Gasteiger partial charge in [0.05, 0.1) is 31.8 Å². The summed E-state index contributed by atoms with van der Waals surface area (Å²) in [6, 6.07) is 0. The first-order valence-electron chi connectivity index (χ1n) is 17.9. The maximum Gasteiger partial charge on any atom is 0.158 e. The van der Waals surface area contributed by atoms with Crippen molar-refractivity contribution in [1.82, 2.24) is 0 Å². The van der Waals surface area contributed by atoms with E-state index in [4.69, 9.17) is 18.9 Å². The molecule has 244 valence electrons. The minimum Gasteiger partial charge on any atom is -0.352 e. The second-order valence-corrected chi connectivity index (χ2v) is 15.2. The first kappa shape index (κ1) is 37.7. The molecule has 0 amide bonds. The van der Waals surface area contributed by atoms with Crippen LogP contribution in [0.3, 0.4) is 0 Å². The summed E-state index contributed by atoms with van der Waals surface area (Å²) < 4.78 is 24.4. The lowest BCUT2D eigenvalue weighted by molar-refractivity contribution is -0.302. The topological polar surface area (TPSA) is 36.9 Å². The van der Waals surface area contributed by atoms with Crippen molar-refractivity contribution in [3.63, 3.8) is 0 Å². The highest BCUT2D eigenvalue weighted by molar-refractivity contribution is 7.99. The van der Waals surface area contributed by atoms with E-state index < -0.39 is 0 Å². The Hall–Kier alpha value is 0.540. The third-order valence-corrected chi connectivity index (χ3v) is 10.8. The van der Waals surface area contributed by atoms with Gasteiger partial charge in [0.25, 0.3) is 0 Å². The van der Waals surface area contributed by atoms with Crippen molar-refractivity contribution < 1.29 is 18.9 Å². The van der Waals surface area contributed by atoms with Crippen LogP contribution in [-0.4, -0.2) is 62.0 Å². The Morgan fingerprint density at radius 1 is 0.415 bits per heavy atom. The van der Waals surface area contributed by atoms with Crippen molar-refractivity contribution >= 4 is 23.5 Å². The summed E-state index contributed by atoms with van der Waals surface area (Å²) >= 11 is 4.12. The van der Waals surface area contributed by atoms with E-state index in [9.17, 15) is 0 Å². The van der Waals surface area contributed by atoms with E-state index in [0.717, 1.165) is 24.3 Å². The van der Waals surface area contributed by atoms with Gasteiger partial charge in [-0.25, -0.2) is 0 Å². The van der Waals surface area contributed by atoms with E-state index in [1.54, 1.807) is 0 Å². The van der Waals surface area contributed by atoms with Gasteiger partial charge >= 0.3 is 0 Å². The first-order valence-corrected chi connectivity index (χ1v) is 20.2. The Balaban J connectivity index is 1.33. The fraction of sp³-hybridized carbons (Fsp3) is 1.00. The molecule has 0 saturated carbocycles. The fourth-order valence-corrected chi connectivity index (χ4v) is 7.65. The maximum absolute atomic E-state index is 6.10. The van der Waals surface area contributed by atoms with Crippen LogP contribution in [0.15, 0.2) is 0 Å². The molecule has 0 radical (unpaired) electrons. The van der Waals surface area contributed by atoms with E-state index in [-0.39, 0.29) is 18.0 Å². The molecule has 41 heavy (non-hydrogen) atoms. The van der Waals surface area contributed by atoms with Crippen molar-refractivity contribution in [2.24, 2.45) is 5.41 Å². The molecule has 0 aromatic carbocycles. The van der Waals surface area contributed by atoms with Gasteiger partial charge in [0.2, 0.25) is 0 Å². The summed E-state index contributed by atoms with van der Waals surface area (Å²) in [6.07, 6.45) is 30.0. The van der Waals surface area contributed by atoms with Crippen LogP contribution in [0, 0.1) is 5.41 Å². The summed E-state index contributed by atoms with van der Waals surface area (Å²) in [5.41, 5.74) is -0.112. The van der Waals surface area contributed by atoms with Gasteiger partial charge in [-0.05, 0) is 35.9 Å². The standard InChI is InChI=1S/C35H68O4S2/c1-3-5-7-9-11-13-15-17-19-21-25-40-27-23-33-36-29-35(30-37-33)31-38-34(39-32-35)24-28-41-26-22-20-18-16-14-12-10-8-6-4-2/h33-34H,3-32H2,1-2H3. The molecule has 0 N–H and O–H groups in total. The van der Waals surface area contributed by atoms with E-state index in [1.165, 1.54) is 140 Å². The largest absolute Gasteiger partial charge is 0.352 e. The quantitative estimate of drug-likeness (QED) is 0.0814. The smallest absolute Gasteiger partial charge is 0.158 e. The van der Waals surface area contributed by atoms with Gasteiger partial charge in [0.15, 0.2) is 12.6 Å². The molecule has 1 spiro atoms. The SMILES string of the molecule is CCCCCCCCCCCCSCCC1OCC2(CO1)COC(CCSCCCCCCCCCCCC)OC2. The van der Waals surface area contributed by atoms with Gasteiger partial charge in [-0.15, -0.1) is 0 Å². The lowest BCUT2D eigenvalue weighted by Gasteiger charge is -2.43. The molecule has 2 heterocycles. The molecule has 0 bridgehead atoms. The summed E-state index contributed by atoms with van der Waals surface area (Å²) in [5, 5.41) is 0. The van der Waals surface area contributed by atoms with E-state index in [1.807, 2.05) is 0 Å². The predicted molar refractivity (Wildman–Crippen MR) is 181 cm³/mol. The maximum atomic E-state index is 6.10. The summed E-state index contributed by atoms with van der Waals surface area (Å²) in [6.45, 7) is 7.36. The van der Waals surface area contributed by atoms with Crippen LogP contribution < -0.4 is 0 Å². The van der Waals surface area contributed by atoms with Crippen LogP contribution in [-0.2, 0) is 18.9 Å². The molecule has 0 aliphatic carbocycles. The Morgan fingerprint density at radius 2 is 0.707 bits per heavy atom. The number of rotatable bonds is 28. The molecule has 2 rings (SSSR count). The molecule has 0 unspecified atom stereocenters. The van der Waals surface area contributed by atoms with Crippen molar-refractivity contribution in [2.45, 2.75) is 168 Å². The molecule has 0 aromatic rings. The number of unbranched alkanes of at least 4 members (excludes halogenated alkanes) is 18. The Labute approximate surface area is 264 Å². The first-order chi connectivity index (χ1) is 20.3. The Bertz CT molecular complexity index is 497. The van der Waals surface area contributed by atoms with E-state index in [0.29, 0.717) is 26.4 Å². The van der Waals surface area contributed by atoms with Crippen molar-refractivity contribution in [2.75, 3.05) is 49.4 Å². The average Bonchev–Trinajstić information content (AvgIpc) is 3.00. The monoisotopic (exact) mass is 616 g/mol. The molecule has 0 aromatic heterocycles. The van der Waals surface area contributed by atoms with Gasteiger partial charge in [-0.2, -0.15) is 23.5 Å². The summed E-state index contributed by atoms with van der Waals surface area (Å²) in [4.78, 5) is 0. The number of ether oxygens (including phenoxy) is 4. The number of hydrogen-bond donors (Lipinski definition) is 0. The zero-order valence-corrected chi connectivity index (χ0v) is 29.0. The fourth-order valence-electron chi connectivity index (χ4n) is 5.70. The highest BCUT2D eigenvalue weighted by Gasteiger charge is 2.41. The second-order valence-electron chi connectivity index (χ2n) is 12.8. The van der Waals surface area contributed by atoms with Gasteiger partial charge in [0.1, 0.15) is 0 Å². The molecular weight excluding hydrogens is 549 g/mol. The van der Waals surface area contributed by atoms with Crippen LogP contribution in [0.2, 0.25) is 0 Å². The molecule has 6 heteroatoms. The zero-order chi connectivity index (χ0) is 29.1. The van der Waals surface area contributed by atoms with Crippen LogP contribution in [0.5, 0.6) is 0 Å². The normalized spacial score (nSPS) is 23.0. The molecule has 2 saturated heterocycles. The van der Waals surface area contributed by atoms with Crippen LogP contribution in [0.4, 0.5) is 0 Å². The third kappa shape index (κ3) is 20.2. The molecule has 2 aliphatic heterocycles. The second kappa shape index (κ2) is 26.9.